The van der Waals surface area contributed by atoms with Crippen molar-refractivity contribution in [2.75, 3.05) is 18.5 Å². The highest BCUT2D eigenvalue weighted by atomic mass is 32.1. The lowest BCUT2D eigenvalue weighted by molar-refractivity contribution is 0.390. The minimum absolute atomic E-state index is 0.638. The highest BCUT2D eigenvalue weighted by Gasteiger charge is 2.25. The van der Waals surface area contributed by atoms with E-state index in [1.807, 2.05) is 18.4 Å². The maximum atomic E-state index is 4.74. The fourth-order valence-corrected chi connectivity index (χ4v) is 3.60. The Hall–Kier alpha value is -0.610. The molecule has 1 fully saturated rings. The number of nitrogens with one attached hydrogen (secondary N) is 1. The lowest BCUT2D eigenvalue weighted by Crippen LogP contribution is -2.41. The largest absolute Gasteiger partial charge is 0.345 e. The van der Waals surface area contributed by atoms with Crippen molar-refractivity contribution in [2.24, 2.45) is 5.92 Å². The summed E-state index contributed by atoms with van der Waals surface area (Å²) in [6, 6.07) is 0.638. The Labute approximate surface area is 108 Å². The van der Waals surface area contributed by atoms with Gasteiger partial charge in [-0.1, -0.05) is 6.92 Å². The Kier molecular flexibility index (Phi) is 4.05. The summed E-state index contributed by atoms with van der Waals surface area (Å²) < 4.78 is 0. The average Bonchev–Trinajstić information content (AvgIpc) is 2.64. The third-order valence-corrected chi connectivity index (χ3v) is 4.78. The van der Waals surface area contributed by atoms with Crippen molar-refractivity contribution in [1.29, 1.82) is 0 Å². The Morgan fingerprint density at radius 2 is 2.18 bits per heavy atom. The zero-order valence-electron chi connectivity index (χ0n) is 11.3. The summed E-state index contributed by atoms with van der Waals surface area (Å²) >= 11 is 1.85. The molecular weight excluding hydrogens is 230 g/mol. The summed E-state index contributed by atoms with van der Waals surface area (Å²) in [7, 11) is 1.99. The molecule has 1 saturated heterocycles. The van der Waals surface area contributed by atoms with E-state index in [0.717, 1.165) is 19.0 Å². The van der Waals surface area contributed by atoms with E-state index >= 15 is 0 Å². The highest BCUT2D eigenvalue weighted by Crippen LogP contribution is 2.32. The molecule has 0 bridgehead atoms. The van der Waals surface area contributed by atoms with E-state index in [2.05, 4.69) is 31.0 Å². The number of anilines is 1. The minimum Gasteiger partial charge on any atom is -0.345 e. The lowest BCUT2D eigenvalue weighted by atomic mass is 9.96. The van der Waals surface area contributed by atoms with Crippen molar-refractivity contribution >= 4 is 16.5 Å². The summed E-state index contributed by atoms with van der Waals surface area (Å²) in [5.41, 5.74) is 1.18. The van der Waals surface area contributed by atoms with Crippen molar-refractivity contribution in [3.63, 3.8) is 0 Å². The van der Waals surface area contributed by atoms with E-state index in [9.17, 15) is 0 Å². The number of thiazole rings is 1. The molecule has 1 aliphatic heterocycles. The fraction of sp³-hybridized carbons (Fsp3) is 0.769. The first-order valence-electron chi connectivity index (χ1n) is 6.49. The quantitative estimate of drug-likeness (QED) is 0.898. The van der Waals surface area contributed by atoms with E-state index in [0.29, 0.717) is 6.04 Å². The molecule has 2 heterocycles. The second-order valence-electron chi connectivity index (χ2n) is 5.22. The zero-order valence-corrected chi connectivity index (χ0v) is 12.1. The maximum Gasteiger partial charge on any atom is 0.186 e. The molecule has 96 valence electrons. The predicted molar refractivity (Wildman–Crippen MR) is 74.8 cm³/mol. The van der Waals surface area contributed by atoms with Crippen LogP contribution in [0.2, 0.25) is 0 Å². The van der Waals surface area contributed by atoms with Gasteiger partial charge in [0.15, 0.2) is 5.13 Å². The molecule has 3 nitrogen and oxygen atoms in total. The van der Waals surface area contributed by atoms with Crippen LogP contribution in [0.3, 0.4) is 0 Å². The molecular formula is C13H23N3S. The van der Waals surface area contributed by atoms with E-state index in [1.165, 1.54) is 28.5 Å². The second kappa shape index (κ2) is 5.36. The number of aryl methyl sites for hydroxylation is 1. The fourth-order valence-electron chi connectivity index (χ4n) is 2.42. The third kappa shape index (κ3) is 2.80. The van der Waals surface area contributed by atoms with Crippen LogP contribution in [0.5, 0.6) is 0 Å². The molecule has 0 amide bonds. The molecule has 1 N–H and O–H groups in total. The lowest BCUT2D eigenvalue weighted by Gasteiger charge is -2.36. The first kappa shape index (κ1) is 12.8. The number of hydrogen-bond acceptors (Lipinski definition) is 4. The number of hydrogen-bond donors (Lipinski definition) is 1. The van der Waals surface area contributed by atoms with Gasteiger partial charge in [-0.2, -0.15) is 0 Å². The van der Waals surface area contributed by atoms with Crippen LogP contribution in [0.15, 0.2) is 0 Å². The van der Waals surface area contributed by atoms with Crippen LogP contribution in [-0.4, -0.2) is 24.6 Å². The van der Waals surface area contributed by atoms with Gasteiger partial charge in [-0.15, -0.1) is 11.3 Å². The molecule has 2 rings (SSSR count). The van der Waals surface area contributed by atoms with Crippen LogP contribution < -0.4 is 10.2 Å². The van der Waals surface area contributed by atoms with Crippen molar-refractivity contribution in [3.05, 3.63) is 10.6 Å². The summed E-state index contributed by atoms with van der Waals surface area (Å²) in [5, 5.41) is 4.43. The molecule has 2 unspecified atom stereocenters. The number of nitrogens with zero attached hydrogens (tertiary/aromatic N) is 2. The van der Waals surface area contributed by atoms with E-state index < -0.39 is 0 Å². The van der Waals surface area contributed by atoms with Crippen LogP contribution in [-0.2, 0) is 6.54 Å². The Morgan fingerprint density at radius 1 is 1.41 bits per heavy atom. The van der Waals surface area contributed by atoms with Crippen LogP contribution in [0, 0.1) is 12.8 Å². The molecule has 1 aliphatic rings. The molecule has 0 saturated carbocycles. The first-order valence-corrected chi connectivity index (χ1v) is 7.31. The molecule has 0 spiro atoms. The summed E-state index contributed by atoms with van der Waals surface area (Å²) in [6.45, 7) is 8.87. The Balaban J connectivity index is 2.17. The van der Waals surface area contributed by atoms with Gasteiger partial charge in [0.2, 0.25) is 0 Å². The molecule has 2 atom stereocenters. The summed E-state index contributed by atoms with van der Waals surface area (Å²) in [6.07, 6.45) is 2.65. The smallest absolute Gasteiger partial charge is 0.186 e. The van der Waals surface area contributed by atoms with E-state index in [1.54, 1.807) is 0 Å². The van der Waals surface area contributed by atoms with Crippen molar-refractivity contribution in [3.8, 4) is 0 Å². The predicted octanol–water partition coefficient (Wildman–Crippen LogP) is 2.80. The van der Waals surface area contributed by atoms with Crippen molar-refractivity contribution in [1.82, 2.24) is 10.3 Å². The third-order valence-electron chi connectivity index (χ3n) is 3.58. The monoisotopic (exact) mass is 253 g/mol. The van der Waals surface area contributed by atoms with Crippen LogP contribution in [0.25, 0.3) is 0 Å². The van der Waals surface area contributed by atoms with Gasteiger partial charge in [0.1, 0.15) is 0 Å². The topological polar surface area (TPSA) is 28.2 Å². The normalized spacial score (nSPS) is 25.3. The van der Waals surface area contributed by atoms with Crippen LogP contribution in [0.4, 0.5) is 5.13 Å². The van der Waals surface area contributed by atoms with Gasteiger partial charge in [0.25, 0.3) is 0 Å². The van der Waals surface area contributed by atoms with Gasteiger partial charge in [0, 0.05) is 24.0 Å². The minimum atomic E-state index is 0.638. The van der Waals surface area contributed by atoms with Crippen LogP contribution in [0.1, 0.15) is 37.3 Å². The Bertz CT molecular complexity index is 375. The molecule has 0 radical (unpaired) electrons. The number of piperidine rings is 1. The van der Waals surface area contributed by atoms with Gasteiger partial charge in [-0.25, -0.2) is 4.98 Å². The SMILES string of the molecule is CNCc1sc(N2CC(C)CCC2C)nc1C. The van der Waals surface area contributed by atoms with Crippen LogP contribution >= 0.6 is 11.3 Å². The zero-order chi connectivity index (χ0) is 12.4. The molecule has 4 heteroatoms. The standard InChI is InChI=1S/C13H23N3S/c1-9-5-6-10(2)16(8-9)13-15-11(3)12(17-13)7-14-4/h9-10,14H,5-8H2,1-4H3. The first-order chi connectivity index (χ1) is 8.11. The molecule has 17 heavy (non-hydrogen) atoms. The van der Waals surface area contributed by atoms with Crippen molar-refractivity contribution < 1.29 is 0 Å². The molecule has 0 aliphatic carbocycles. The summed E-state index contributed by atoms with van der Waals surface area (Å²) in [4.78, 5) is 8.60. The second-order valence-corrected chi connectivity index (χ2v) is 6.28. The molecule has 1 aromatic rings. The maximum absolute atomic E-state index is 4.74. The number of rotatable bonds is 3. The van der Waals surface area contributed by atoms with Gasteiger partial charge >= 0.3 is 0 Å². The molecule has 0 aromatic carbocycles. The Morgan fingerprint density at radius 3 is 2.88 bits per heavy atom. The molecule has 1 aromatic heterocycles. The van der Waals surface area contributed by atoms with Gasteiger partial charge in [-0.05, 0) is 39.7 Å². The van der Waals surface area contributed by atoms with Gasteiger partial charge in [-0.3, -0.25) is 0 Å². The number of aromatic nitrogens is 1. The van der Waals surface area contributed by atoms with E-state index in [4.69, 9.17) is 4.98 Å². The van der Waals surface area contributed by atoms with E-state index in [-0.39, 0.29) is 0 Å². The highest BCUT2D eigenvalue weighted by molar-refractivity contribution is 7.15. The van der Waals surface area contributed by atoms with Crippen molar-refractivity contribution in [2.45, 2.75) is 46.2 Å². The van der Waals surface area contributed by atoms with Gasteiger partial charge in [0.05, 0.1) is 5.69 Å². The summed E-state index contributed by atoms with van der Waals surface area (Å²) in [5.74, 6) is 0.795. The van der Waals surface area contributed by atoms with Gasteiger partial charge < -0.3 is 10.2 Å². The average molecular weight is 253 g/mol.